The first-order chi connectivity index (χ1) is 10.4. The number of likely N-dealkylation sites (tertiary alicyclic amines) is 1. The van der Waals surface area contributed by atoms with E-state index >= 15 is 0 Å². The molecule has 7 heteroatoms. The van der Waals surface area contributed by atoms with Crippen molar-refractivity contribution in [3.05, 3.63) is 24.3 Å². The summed E-state index contributed by atoms with van der Waals surface area (Å²) in [7, 11) is -1.50. The van der Waals surface area contributed by atoms with Crippen molar-refractivity contribution >= 4 is 21.6 Å². The average Bonchev–Trinajstić information content (AvgIpc) is 2.45. The lowest BCUT2D eigenvalue weighted by atomic mass is 9.99. The quantitative estimate of drug-likeness (QED) is 0.854. The predicted octanol–water partition coefficient (Wildman–Crippen LogP) is 1.27. The van der Waals surface area contributed by atoms with Crippen LogP contribution in [0.25, 0.3) is 0 Å². The van der Waals surface area contributed by atoms with E-state index in [9.17, 15) is 13.2 Å². The number of piperidine rings is 1. The number of sulfonamides is 1. The second-order valence-corrected chi connectivity index (χ2v) is 7.60. The summed E-state index contributed by atoms with van der Waals surface area (Å²) in [5.41, 5.74) is 0.479. The summed E-state index contributed by atoms with van der Waals surface area (Å²) in [5, 5.41) is 2.59. The number of nitrogens with one attached hydrogen (secondary N) is 2. The summed E-state index contributed by atoms with van der Waals surface area (Å²) in [6.07, 6.45) is 2.14. The Morgan fingerprint density at radius 2 is 2.18 bits per heavy atom. The van der Waals surface area contributed by atoms with E-state index in [-0.39, 0.29) is 10.8 Å². The van der Waals surface area contributed by atoms with Crippen LogP contribution in [0.4, 0.5) is 5.69 Å². The highest BCUT2D eigenvalue weighted by atomic mass is 32.2. The fourth-order valence-corrected chi connectivity index (χ4v) is 3.86. The SMILES string of the molecule is CC(=O)Nc1cccc(S(=O)(=O)NC[C@@H]2CCCN(C)C2)c1. The number of amides is 1. The molecule has 1 aliphatic heterocycles. The van der Waals surface area contributed by atoms with Crippen molar-refractivity contribution < 1.29 is 13.2 Å². The third-order valence-corrected chi connectivity index (χ3v) is 5.17. The van der Waals surface area contributed by atoms with Gasteiger partial charge >= 0.3 is 0 Å². The molecule has 0 bridgehead atoms. The summed E-state index contributed by atoms with van der Waals surface area (Å²) in [6.45, 7) is 3.81. The number of nitrogens with zero attached hydrogens (tertiary/aromatic N) is 1. The van der Waals surface area contributed by atoms with Crippen molar-refractivity contribution in [2.24, 2.45) is 5.92 Å². The Kier molecular flexibility index (Phi) is 5.55. The van der Waals surface area contributed by atoms with Crippen LogP contribution in [0.5, 0.6) is 0 Å². The lowest BCUT2D eigenvalue weighted by Crippen LogP contribution is -2.39. The van der Waals surface area contributed by atoms with Gasteiger partial charge in [0.1, 0.15) is 0 Å². The molecule has 1 heterocycles. The Labute approximate surface area is 131 Å². The highest BCUT2D eigenvalue weighted by Gasteiger charge is 2.21. The predicted molar refractivity (Wildman–Crippen MR) is 86.2 cm³/mol. The molecule has 2 N–H and O–H groups in total. The molecule has 122 valence electrons. The number of carbonyl (C=O) groups excluding carboxylic acids is 1. The van der Waals surface area contributed by atoms with Gasteiger partial charge in [0.15, 0.2) is 0 Å². The van der Waals surface area contributed by atoms with Gasteiger partial charge in [-0.3, -0.25) is 4.79 Å². The molecule has 1 aliphatic rings. The first-order valence-electron chi connectivity index (χ1n) is 7.43. The molecule has 1 aromatic rings. The summed E-state index contributed by atoms with van der Waals surface area (Å²) < 4.78 is 27.4. The summed E-state index contributed by atoms with van der Waals surface area (Å²) in [5.74, 6) is 0.111. The van der Waals surface area contributed by atoms with Crippen LogP contribution in [0.15, 0.2) is 29.2 Å². The standard InChI is InChI=1S/C15H23N3O3S/c1-12(19)17-14-6-3-7-15(9-14)22(20,21)16-10-13-5-4-8-18(2)11-13/h3,6-7,9,13,16H,4-5,8,10-11H2,1-2H3,(H,17,19)/t13-/m0/s1. The van der Waals surface area contributed by atoms with Gasteiger partial charge < -0.3 is 10.2 Å². The van der Waals surface area contributed by atoms with Crippen LogP contribution < -0.4 is 10.0 Å². The van der Waals surface area contributed by atoms with E-state index < -0.39 is 10.0 Å². The second-order valence-electron chi connectivity index (χ2n) is 5.83. The molecule has 22 heavy (non-hydrogen) atoms. The molecular formula is C15H23N3O3S. The highest BCUT2D eigenvalue weighted by molar-refractivity contribution is 7.89. The van der Waals surface area contributed by atoms with Gasteiger partial charge in [0.05, 0.1) is 4.90 Å². The smallest absolute Gasteiger partial charge is 0.240 e. The van der Waals surface area contributed by atoms with Crippen LogP contribution >= 0.6 is 0 Å². The van der Waals surface area contributed by atoms with Gasteiger partial charge in [-0.05, 0) is 50.6 Å². The third-order valence-electron chi connectivity index (χ3n) is 3.75. The van der Waals surface area contributed by atoms with Gasteiger partial charge in [-0.25, -0.2) is 13.1 Å². The van der Waals surface area contributed by atoms with E-state index in [0.717, 1.165) is 25.9 Å². The zero-order valence-electron chi connectivity index (χ0n) is 13.0. The molecule has 0 saturated carbocycles. The van der Waals surface area contributed by atoms with Crippen molar-refractivity contribution in [2.45, 2.75) is 24.7 Å². The molecule has 0 aliphatic carbocycles. The monoisotopic (exact) mass is 325 g/mol. The van der Waals surface area contributed by atoms with E-state index in [1.807, 2.05) is 0 Å². The van der Waals surface area contributed by atoms with Crippen LogP contribution in [0.3, 0.4) is 0 Å². The van der Waals surface area contributed by atoms with Crippen molar-refractivity contribution in [3.63, 3.8) is 0 Å². The molecular weight excluding hydrogens is 302 g/mol. The minimum atomic E-state index is -3.56. The van der Waals surface area contributed by atoms with Gasteiger partial charge in [0.2, 0.25) is 15.9 Å². The second kappa shape index (κ2) is 7.21. The molecule has 1 atom stereocenters. The van der Waals surface area contributed by atoms with E-state index in [4.69, 9.17) is 0 Å². The molecule has 0 aromatic heterocycles. The molecule has 0 unspecified atom stereocenters. The highest BCUT2D eigenvalue weighted by Crippen LogP contribution is 2.17. The molecule has 6 nitrogen and oxygen atoms in total. The molecule has 1 fully saturated rings. The van der Waals surface area contributed by atoms with Gasteiger partial charge in [-0.15, -0.1) is 0 Å². The lowest BCUT2D eigenvalue weighted by molar-refractivity contribution is -0.114. The fourth-order valence-electron chi connectivity index (χ4n) is 2.70. The molecule has 2 rings (SSSR count). The molecule has 0 spiro atoms. The zero-order valence-corrected chi connectivity index (χ0v) is 13.8. The van der Waals surface area contributed by atoms with Gasteiger partial charge in [0, 0.05) is 25.7 Å². The van der Waals surface area contributed by atoms with Crippen molar-refractivity contribution in [3.8, 4) is 0 Å². The number of hydrogen-bond donors (Lipinski definition) is 2. The van der Waals surface area contributed by atoms with Crippen LogP contribution in [0.2, 0.25) is 0 Å². The van der Waals surface area contributed by atoms with E-state index in [0.29, 0.717) is 18.2 Å². The summed E-state index contributed by atoms with van der Waals surface area (Å²) in [4.78, 5) is 13.4. The largest absolute Gasteiger partial charge is 0.326 e. The minimum Gasteiger partial charge on any atom is -0.326 e. The summed E-state index contributed by atoms with van der Waals surface area (Å²) >= 11 is 0. The molecule has 1 saturated heterocycles. The number of benzene rings is 1. The summed E-state index contributed by atoms with van der Waals surface area (Å²) in [6, 6.07) is 6.28. The lowest BCUT2D eigenvalue weighted by Gasteiger charge is -2.29. The first kappa shape index (κ1) is 16.9. The van der Waals surface area contributed by atoms with Gasteiger partial charge in [-0.1, -0.05) is 6.07 Å². The van der Waals surface area contributed by atoms with Crippen molar-refractivity contribution in [1.29, 1.82) is 0 Å². The maximum Gasteiger partial charge on any atom is 0.240 e. The van der Waals surface area contributed by atoms with Crippen LogP contribution in [-0.2, 0) is 14.8 Å². The topological polar surface area (TPSA) is 78.5 Å². The number of anilines is 1. The van der Waals surface area contributed by atoms with Crippen LogP contribution in [-0.4, -0.2) is 45.9 Å². The number of rotatable bonds is 5. The van der Waals surface area contributed by atoms with E-state index in [1.165, 1.54) is 19.1 Å². The molecule has 1 aromatic carbocycles. The maximum atomic E-state index is 12.4. The Bertz CT molecular complexity index is 631. The first-order valence-corrected chi connectivity index (χ1v) is 8.91. The van der Waals surface area contributed by atoms with Gasteiger partial charge in [-0.2, -0.15) is 0 Å². The van der Waals surface area contributed by atoms with E-state index in [1.54, 1.807) is 12.1 Å². The molecule has 0 radical (unpaired) electrons. The fraction of sp³-hybridized carbons (Fsp3) is 0.533. The average molecular weight is 325 g/mol. The Hall–Kier alpha value is -1.44. The van der Waals surface area contributed by atoms with Gasteiger partial charge in [0.25, 0.3) is 0 Å². The van der Waals surface area contributed by atoms with E-state index in [2.05, 4.69) is 22.0 Å². The number of carbonyl (C=O) groups is 1. The Morgan fingerprint density at radius 3 is 2.86 bits per heavy atom. The minimum absolute atomic E-state index is 0.169. The normalized spacial score (nSPS) is 19.8. The number of hydrogen-bond acceptors (Lipinski definition) is 4. The maximum absolute atomic E-state index is 12.4. The van der Waals surface area contributed by atoms with Crippen molar-refractivity contribution in [1.82, 2.24) is 9.62 Å². The van der Waals surface area contributed by atoms with Crippen molar-refractivity contribution in [2.75, 3.05) is 32.0 Å². The molecule has 1 amide bonds. The van der Waals surface area contributed by atoms with Crippen LogP contribution in [0.1, 0.15) is 19.8 Å². The zero-order chi connectivity index (χ0) is 16.2. The Balaban J connectivity index is 2.02. The third kappa shape index (κ3) is 4.79. The van der Waals surface area contributed by atoms with Crippen LogP contribution in [0, 0.1) is 5.92 Å². The Morgan fingerprint density at radius 1 is 1.41 bits per heavy atom.